The first-order chi connectivity index (χ1) is 10.6. The molecule has 0 spiro atoms. The molecule has 0 unspecified atom stereocenters. The highest BCUT2D eigenvalue weighted by Crippen LogP contribution is 2.23. The molecule has 0 saturated heterocycles. The molecule has 2 rings (SSSR count). The Morgan fingerprint density at radius 1 is 1.45 bits per heavy atom. The van der Waals surface area contributed by atoms with Crippen LogP contribution in [0, 0.1) is 10.1 Å². The Kier molecular flexibility index (Phi) is 5.48. The van der Waals surface area contributed by atoms with E-state index in [4.69, 9.17) is 4.74 Å². The standard InChI is InChI=1S/C13H14N4O4S/c1-10(18)21-7-6-16-12(15-8-13(16)17(19)20)9-22-11-2-4-14-5-3-11/h2-5,8H,6-7,9H2,1H3. The van der Waals surface area contributed by atoms with Gasteiger partial charge >= 0.3 is 11.8 Å². The Balaban J connectivity index is 2.09. The zero-order valence-electron chi connectivity index (χ0n) is 11.8. The first kappa shape index (κ1) is 16.0. The average Bonchev–Trinajstić information content (AvgIpc) is 2.89. The molecule has 0 aliphatic rings. The summed E-state index contributed by atoms with van der Waals surface area (Å²) < 4.78 is 6.30. The fraction of sp³-hybridized carbons (Fsp3) is 0.308. The van der Waals surface area contributed by atoms with Crippen molar-refractivity contribution < 1.29 is 14.5 Å². The van der Waals surface area contributed by atoms with E-state index in [1.54, 1.807) is 12.4 Å². The number of carbonyl (C=O) groups excluding carboxylic acids is 1. The maximum absolute atomic E-state index is 11.0. The summed E-state index contributed by atoms with van der Waals surface area (Å²) in [6, 6.07) is 3.70. The molecule has 9 heteroatoms. The quantitative estimate of drug-likeness (QED) is 0.333. The second-order valence-electron chi connectivity index (χ2n) is 4.25. The third-order valence-electron chi connectivity index (χ3n) is 2.74. The van der Waals surface area contributed by atoms with Crippen LogP contribution < -0.4 is 0 Å². The molecule has 22 heavy (non-hydrogen) atoms. The van der Waals surface area contributed by atoms with Crippen molar-refractivity contribution in [3.63, 3.8) is 0 Å². The Bertz CT molecular complexity index is 659. The average molecular weight is 322 g/mol. The lowest BCUT2D eigenvalue weighted by Gasteiger charge is -2.05. The highest BCUT2D eigenvalue weighted by molar-refractivity contribution is 7.98. The highest BCUT2D eigenvalue weighted by Gasteiger charge is 2.20. The van der Waals surface area contributed by atoms with Gasteiger partial charge in [-0.15, -0.1) is 11.8 Å². The Morgan fingerprint density at radius 3 is 2.82 bits per heavy atom. The van der Waals surface area contributed by atoms with Crippen LogP contribution in [0.3, 0.4) is 0 Å². The topological polar surface area (TPSA) is 100 Å². The Morgan fingerprint density at radius 2 is 2.18 bits per heavy atom. The number of thioether (sulfide) groups is 1. The maximum Gasteiger partial charge on any atom is 0.343 e. The predicted molar refractivity (Wildman–Crippen MR) is 79.3 cm³/mol. The second-order valence-corrected chi connectivity index (χ2v) is 5.30. The van der Waals surface area contributed by atoms with Gasteiger partial charge in [0.2, 0.25) is 5.82 Å². The molecule has 0 bridgehead atoms. The van der Waals surface area contributed by atoms with Crippen LogP contribution in [0.1, 0.15) is 12.7 Å². The van der Waals surface area contributed by atoms with Gasteiger partial charge in [-0.3, -0.25) is 9.78 Å². The third-order valence-corrected chi connectivity index (χ3v) is 3.75. The number of aromatic nitrogens is 3. The molecule has 0 radical (unpaired) electrons. The van der Waals surface area contributed by atoms with E-state index >= 15 is 0 Å². The summed E-state index contributed by atoms with van der Waals surface area (Å²) in [5.41, 5.74) is 0. The first-order valence-corrected chi connectivity index (χ1v) is 7.41. The van der Waals surface area contributed by atoms with Crippen molar-refractivity contribution >= 4 is 23.5 Å². The molecular weight excluding hydrogens is 308 g/mol. The van der Waals surface area contributed by atoms with Crippen molar-refractivity contribution in [3.05, 3.63) is 46.7 Å². The first-order valence-electron chi connectivity index (χ1n) is 6.43. The van der Waals surface area contributed by atoms with Crippen LogP contribution in [0.4, 0.5) is 5.82 Å². The molecule has 0 N–H and O–H groups in total. The summed E-state index contributed by atoms with van der Waals surface area (Å²) in [5, 5.41) is 11.0. The van der Waals surface area contributed by atoms with E-state index in [2.05, 4.69) is 9.97 Å². The lowest BCUT2D eigenvalue weighted by Crippen LogP contribution is -2.13. The number of nitro groups is 1. The monoisotopic (exact) mass is 322 g/mol. The summed E-state index contributed by atoms with van der Waals surface area (Å²) in [5.74, 6) is 0.492. The van der Waals surface area contributed by atoms with Crippen molar-refractivity contribution in [2.24, 2.45) is 0 Å². The van der Waals surface area contributed by atoms with E-state index in [1.807, 2.05) is 12.1 Å². The van der Waals surface area contributed by atoms with Crippen molar-refractivity contribution in [3.8, 4) is 0 Å². The SMILES string of the molecule is CC(=O)OCCn1c([N+](=O)[O-])cnc1CSc1ccncc1. The molecule has 8 nitrogen and oxygen atoms in total. The summed E-state index contributed by atoms with van der Waals surface area (Å²) >= 11 is 1.50. The largest absolute Gasteiger partial charge is 0.462 e. The van der Waals surface area contributed by atoms with Crippen LogP contribution >= 0.6 is 11.8 Å². The van der Waals surface area contributed by atoms with Crippen LogP contribution in [0.25, 0.3) is 0 Å². The molecule has 0 aromatic carbocycles. The molecule has 0 amide bonds. The van der Waals surface area contributed by atoms with Gasteiger partial charge in [-0.2, -0.15) is 0 Å². The van der Waals surface area contributed by atoms with Gasteiger partial charge < -0.3 is 14.9 Å². The number of carbonyl (C=O) groups is 1. The highest BCUT2D eigenvalue weighted by atomic mass is 32.2. The lowest BCUT2D eigenvalue weighted by atomic mass is 10.5. The molecule has 0 atom stereocenters. The van der Waals surface area contributed by atoms with Crippen LogP contribution in [-0.4, -0.2) is 32.0 Å². The number of nitrogens with zero attached hydrogens (tertiary/aromatic N) is 4. The fourth-order valence-corrected chi connectivity index (χ4v) is 2.61. The number of esters is 1. The van der Waals surface area contributed by atoms with E-state index in [0.29, 0.717) is 11.6 Å². The van der Waals surface area contributed by atoms with Crippen LogP contribution in [0.5, 0.6) is 0 Å². The Hall–Kier alpha value is -2.42. The van der Waals surface area contributed by atoms with E-state index in [1.165, 1.54) is 29.4 Å². The second kappa shape index (κ2) is 7.55. The summed E-state index contributed by atoms with van der Waals surface area (Å²) in [6.07, 6.45) is 4.58. The number of rotatable bonds is 7. The Labute approximate surface area is 130 Å². The number of imidazole rings is 1. The zero-order chi connectivity index (χ0) is 15.9. The lowest BCUT2D eigenvalue weighted by molar-refractivity contribution is -0.392. The maximum atomic E-state index is 11.0. The van der Waals surface area contributed by atoms with Crippen LogP contribution in [0.2, 0.25) is 0 Å². The fourth-order valence-electron chi connectivity index (χ4n) is 1.77. The molecule has 0 fully saturated rings. The van der Waals surface area contributed by atoms with E-state index in [9.17, 15) is 14.9 Å². The van der Waals surface area contributed by atoms with Gasteiger partial charge in [0.25, 0.3) is 0 Å². The van der Waals surface area contributed by atoms with Gasteiger partial charge in [0, 0.05) is 24.2 Å². The molecule has 2 heterocycles. The minimum Gasteiger partial charge on any atom is -0.462 e. The van der Waals surface area contributed by atoms with Gasteiger partial charge in [0.15, 0.2) is 0 Å². The van der Waals surface area contributed by atoms with Crippen molar-refractivity contribution in [1.29, 1.82) is 0 Å². The van der Waals surface area contributed by atoms with Gasteiger partial charge in [0.1, 0.15) is 19.3 Å². The van der Waals surface area contributed by atoms with Crippen molar-refractivity contribution in [1.82, 2.24) is 14.5 Å². The summed E-state index contributed by atoms with van der Waals surface area (Å²) in [4.78, 5) is 30.3. The number of pyridine rings is 1. The molecule has 0 aliphatic heterocycles. The zero-order valence-corrected chi connectivity index (χ0v) is 12.7. The smallest absolute Gasteiger partial charge is 0.343 e. The molecule has 116 valence electrons. The van der Waals surface area contributed by atoms with Crippen LogP contribution in [0.15, 0.2) is 35.6 Å². The third kappa shape index (κ3) is 4.29. The molecule has 2 aromatic heterocycles. The van der Waals surface area contributed by atoms with Crippen LogP contribution in [-0.2, 0) is 21.8 Å². The van der Waals surface area contributed by atoms with E-state index in [-0.39, 0.29) is 19.0 Å². The number of hydrogen-bond donors (Lipinski definition) is 0. The minimum absolute atomic E-state index is 0.0689. The van der Waals surface area contributed by atoms with Gasteiger partial charge in [-0.1, -0.05) is 0 Å². The summed E-state index contributed by atoms with van der Waals surface area (Å²) in [7, 11) is 0. The number of ether oxygens (including phenoxy) is 1. The normalized spacial score (nSPS) is 10.4. The van der Waals surface area contributed by atoms with Gasteiger partial charge in [0.05, 0.1) is 5.75 Å². The molecule has 2 aromatic rings. The van der Waals surface area contributed by atoms with Crippen molar-refractivity contribution in [2.45, 2.75) is 24.1 Å². The molecule has 0 saturated carbocycles. The molecule has 0 aliphatic carbocycles. The van der Waals surface area contributed by atoms with E-state index in [0.717, 1.165) is 4.90 Å². The van der Waals surface area contributed by atoms with E-state index < -0.39 is 10.9 Å². The predicted octanol–water partition coefficient (Wildman–Crippen LogP) is 2.04. The summed E-state index contributed by atoms with van der Waals surface area (Å²) in [6.45, 7) is 1.56. The van der Waals surface area contributed by atoms with Crippen molar-refractivity contribution in [2.75, 3.05) is 6.61 Å². The van der Waals surface area contributed by atoms with Gasteiger partial charge in [-0.25, -0.2) is 9.55 Å². The molecular formula is C13H14N4O4S. The number of hydrogen-bond acceptors (Lipinski definition) is 7. The minimum atomic E-state index is -0.499. The van der Waals surface area contributed by atoms with Gasteiger partial charge in [-0.05, 0) is 17.1 Å².